The highest BCUT2D eigenvalue weighted by molar-refractivity contribution is 5.93. The minimum atomic E-state index is -1.49. The summed E-state index contributed by atoms with van der Waals surface area (Å²) in [5.74, 6) is -2.30. The van der Waals surface area contributed by atoms with E-state index in [1.165, 1.54) is 0 Å². The van der Waals surface area contributed by atoms with Gasteiger partial charge < -0.3 is 24.4 Å². The zero-order valence-corrected chi connectivity index (χ0v) is 18.1. The highest BCUT2D eigenvalue weighted by Gasteiger charge is 2.25. The van der Waals surface area contributed by atoms with Crippen molar-refractivity contribution in [3.8, 4) is 17.2 Å². The topological polar surface area (TPSA) is 115 Å². The van der Waals surface area contributed by atoms with Crippen molar-refractivity contribution in [2.75, 3.05) is 7.11 Å². The van der Waals surface area contributed by atoms with Crippen LogP contribution in [0.1, 0.15) is 25.0 Å². The third-order valence-corrected chi connectivity index (χ3v) is 4.81. The number of rotatable bonds is 10. The first-order chi connectivity index (χ1) is 15.3. The van der Waals surface area contributed by atoms with Crippen molar-refractivity contribution in [2.24, 2.45) is 5.92 Å². The van der Waals surface area contributed by atoms with Crippen LogP contribution in [0.4, 0.5) is 0 Å². The van der Waals surface area contributed by atoms with E-state index >= 15 is 0 Å². The van der Waals surface area contributed by atoms with Crippen LogP contribution in [0.5, 0.6) is 17.2 Å². The van der Waals surface area contributed by atoms with Gasteiger partial charge in [0.05, 0.1) is 24.3 Å². The molecule has 0 aliphatic carbocycles. The molecule has 32 heavy (non-hydrogen) atoms. The van der Waals surface area contributed by atoms with E-state index < -0.39 is 17.9 Å². The number of carbonyl (C=O) groups is 2. The molecular formula is C24H25NO7. The molecule has 0 radical (unpaired) electrons. The third kappa shape index (κ3) is 5.46. The number of carboxylic acid groups (broad SMARTS) is 2. The molecule has 0 saturated carbocycles. The van der Waals surface area contributed by atoms with Gasteiger partial charge in [-0.05, 0) is 56.2 Å². The van der Waals surface area contributed by atoms with Crippen molar-refractivity contribution >= 4 is 22.8 Å². The van der Waals surface area contributed by atoms with E-state index in [0.717, 1.165) is 16.5 Å². The summed E-state index contributed by atoms with van der Waals surface area (Å²) >= 11 is 0. The fourth-order valence-corrected chi connectivity index (χ4v) is 3.19. The molecule has 0 bridgehead atoms. The maximum absolute atomic E-state index is 11.1. The van der Waals surface area contributed by atoms with Gasteiger partial charge in [0.2, 0.25) is 0 Å². The predicted octanol–water partition coefficient (Wildman–Crippen LogP) is 3.94. The molecular weight excluding hydrogens is 414 g/mol. The molecule has 168 valence electrons. The number of methoxy groups -OCH3 is 1. The SMILES string of the molecule is COc1ccc2ncc(COc3ccc(CC(C(=O)O)C(=O)O)cc3)c(OC(C)C)c2c1. The lowest BCUT2D eigenvalue weighted by atomic mass is 10.00. The summed E-state index contributed by atoms with van der Waals surface area (Å²) in [7, 11) is 1.60. The van der Waals surface area contributed by atoms with Crippen LogP contribution in [0.15, 0.2) is 48.7 Å². The van der Waals surface area contributed by atoms with Gasteiger partial charge in [0.1, 0.15) is 23.9 Å². The first-order valence-electron chi connectivity index (χ1n) is 10.1. The third-order valence-electron chi connectivity index (χ3n) is 4.81. The number of nitrogens with zero attached hydrogens (tertiary/aromatic N) is 1. The first kappa shape index (κ1) is 22.9. The Morgan fingerprint density at radius 2 is 1.66 bits per heavy atom. The molecule has 1 aromatic heterocycles. The summed E-state index contributed by atoms with van der Waals surface area (Å²) in [4.78, 5) is 26.7. The predicted molar refractivity (Wildman–Crippen MR) is 117 cm³/mol. The van der Waals surface area contributed by atoms with Crippen LogP contribution in [-0.2, 0) is 22.6 Å². The molecule has 2 aromatic carbocycles. The van der Waals surface area contributed by atoms with Crippen LogP contribution in [0.3, 0.4) is 0 Å². The van der Waals surface area contributed by atoms with E-state index in [4.69, 9.17) is 24.4 Å². The van der Waals surface area contributed by atoms with Crippen LogP contribution in [0.2, 0.25) is 0 Å². The number of carboxylic acids is 2. The summed E-state index contributed by atoms with van der Waals surface area (Å²) in [5, 5.41) is 18.9. The van der Waals surface area contributed by atoms with Gasteiger partial charge in [-0.2, -0.15) is 0 Å². The van der Waals surface area contributed by atoms with Crippen LogP contribution in [0.25, 0.3) is 10.9 Å². The molecule has 0 fully saturated rings. The Balaban J connectivity index is 1.79. The average molecular weight is 439 g/mol. The van der Waals surface area contributed by atoms with E-state index in [1.807, 2.05) is 32.0 Å². The molecule has 0 atom stereocenters. The van der Waals surface area contributed by atoms with Gasteiger partial charge in [0.15, 0.2) is 5.92 Å². The summed E-state index contributed by atoms with van der Waals surface area (Å²) in [6, 6.07) is 12.2. The van der Waals surface area contributed by atoms with Crippen molar-refractivity contribution in [1.82, 2.24) is 4.98 Å². The lowest BCUT2D eigenvalue weighted by Crippen LogP contribution is -2.25. The number of aliphatic carboxylic acids is 2. The van der Waals surface area contributed by atoms with E-state index in [2.05, 4.69) is 4.98 Å². The Morgan fingerprint density at radius 3 is 2.25 bits per heavy atom. The molecule has 3 rings (SSSR count). The van der Waals surface area contributed by atoms with Gasteiger partial charge in [0, 0.05) is 11.6 Å². The molecule has 8 nitrogen and oxygen atoms in total. The number of aromatic nitrogens is 1. The number of benzene rings is 2. The van der Waals surface area contributed by atoms with Crippen molar-refractivity contribution in [1.29, 1.82) is 0 Å². The largest absolute Gasteiger partial charge is 0.497 e. The molecule has 0 saturated heterocycles. The van der Waals surface area contributed by atoms with Crippen LogP contribution in [0, 0.1) is 5.92 Å². The van der Waals surface area contributed by atoms with Gasteiger partial charge in [-0.15, -0.1) is 0 Å². The minimum absolute atomic E-state index is 0.0544. The van der Waals surface area contributed by atoms with Gasteiger partial charge in [-0.25, -0.2) is 0 Å². The fraction of sp³-hybridized carbons (Fsp3) is 0.292. The highest BCUT2D eigenvalue weighted by Crippen LogP contribution is 2.33. The number of hydrogen-bond acceptors (Lipinski definition) is 6. The summed E-state index contributed by atoms with van der Waals surface area (Å²) in [6.45, 7) is 4.09. The van der Waals surface area contributed by atoms with Crippen molar-refractivity contribution < 1.29 is 34.0 Å². The van der Waals surface area contributed by atoms with E-state index in [-0.39, 0.29) is 19.1 Å². The Labute approximate surface area is 185 Å². The second kappa shape index (κ2) is 10.00. The number of ether oxygens (including phenoxy) is 3. The minimum Gasteiger partial charge on any atom is -0.497 e. The lowest BCUT2D eigenvalue weighted by Gasteiger charge is -2.17. The Bertz CT molecular complexity index is 1100. The monoisotopic (exact) mass is 439 g/mol. The van der Waals surface area contributed by atoms with Gasteiger partial charge in [-0.1, -0.05) is 12.1 Å². The molecule has 3 aromatic rings. The molecule has 1 heterocycles. The lowest BCUT2D eigenvalue weighted by molar-refractivity contribution is -0.154. The van der Waals surface area contributed by atoms with Crippen molar-refractivity contribution in [2.45, 2.75) is 33.0 Å². The van der Waals surface area contributed by atoms with Crippen LogP contribution in [-0.4, -0.2) is 40.3 Å². The van der Waals surface area contributed by atoms with Crippen LogP contribution < -0.4 is 14.2 Å². The van der Waals surface area contributed by atoms with Crippen molar-refractivity contribution in [3.63, 3.8) is 0 Å². The molecule has 2 N–H and O–H groups in total. The van der Waals surface area contributed by atoms with Gasteiger partial charge in [-0.3, -0.25) is 14.6 Å². The molecule has 0 amide bonds. The average Bonchev–Trinajstić information content (AvgIpc) is 2.76. The Morgan fingerprint density at radius 1 is 1.00 bits per heavy atom. The normalized spacial score (nSPS) is 11.0. The molecule has 0 aliphatic rings. The smallest absolute Gasteiger partial charge is 0.318 e. The number of fused-ring (bicyclic) bond motifs is 1. The Kier molecular flexibility index (Phi) is 7.14. The zero-order chi connectivity index (χ0) is 23.3. The first-order valence-corrected chi connectivity index (χ1v) is 10.1. The quantitative estimate of drug-likeness (QED) is 0.457. The second-order valence-corrected chi connectivity index (χ2v) is 7.53. The standard InChI is InChI=1S/C24H25NO7/c1-14(2)32-22-16(12-25-21-9-8-18(30-3)11-19(21)22)13-31-17-6-4-15(5-7-17)10-20(23(26)27)24(28)29/h4-9,11-12,14,20H,10,13H2,1-3H3,(H,26,27)(H,28,29). The summed E-state index contributed by atoms with van der Waals surface area (Å²) < 4.78 is 17.3. The Hall–Kier alpha value is -3.81. The molecule has 0 spiro atoms. The fourth-order valence-electron chi connectivity index (χ4n) is 3.19. The van der Waals surface area contributed by atoms with E-state index in [1.54, 1.807) is 37.6 Å². The molecule has 0 unspecified atom stereocenters. The van der Waals surface area contributed by atoms with E-state index in [0.29, 0.717) is 22.8 Å². The molecule has 8 heteroatoms. The number of pyridine rings is 1. The van der Waals surface area contributed by atoms with E-state index in [9.17, 15) is 9.59 Å². The molecule has 0 aliphatic heterocycles. The maximum Gasteiger partial charge on any atom is 0.318 e. The van der Waals surface area contributed by atoms with Crippen LogP contribution >= 0.6 is 0 Å². The summed E-state index contributed by atoms with van der Waals surface area (Å²) in [6.07, 6.45) is 1.56. The van der Waals surface area contributed by atoms with Gasteiger partial charge >= 0.3 is 11.9 Å². The number of hydrogen-bond donors (Lipinski definition) is 2. The highest BCUT2D eigenvalue weighted by atomic mass is 16.5. The van der Waals surface area contributed by atoms with Gasteiger partial charge in [0.25, 0.3) is 0 Å². The maximum atomic E-state index is 11.1. The summed E-state index contributed by atoms with van der Waals surface area (Å²) in [5.41, 5.74) is 2.14. The zero-order valence-electron chi connectivity index (χ0n) is 18.1. The second-order valence-electron chi connectivity index (χ2n) is 7.53. The van der Waals surface area contributed by atoms with Crippen molar-refractivity contribution in [3.05, 3.63) is 59.8 Å².